The Labute approximate surface area is 124 Å². The van der Waals surface area contributed by atoms with Crippen LogP contribution in [0.1, 0.15) is 23.5 Å². The topological polar surface area (TPSA) is 62.7 Å². The first-order valence-corrected chi connectivity index (χ1v) is 8.17. The van der Waals surface area contributed by atoms with Crippen LogP contribution < -0.4 is 10.6 Å². The Morgan fingerprint density at radius 3 is 3.00 bits per heavy atom. The molecular weight excluding hydrogens is 289 g/mol. The fraction of sp³-hybridized carbons (Fsp3) is 0.538. The molecule has 2 aromatic rings. The molecule has 3 rings (SSSR count). The molecule has 0 radical (unpaired) electrons. The number of nitrogens with zero attached hydrogens (tertiary/aromatic N) is 3. The van der Waals surface area contributed by atoms with Crippen LogP contribution in [-0.2, 0) is 0 Å². The first kappa shape index (κ1) is 14.0. The van der Waals surface area contributed by atoms with E-state index in [-0.39, 0.29) is 0 Å². The van der Waals surface area contributed by atoms with Gasteiger partial charge in [-0.05, 0) is 38.8 Å². The molecule has 0 spiro atoms. The highest BCUT2D eigenvalue weighted by Gasteiger charge is 2.15. The molecule has 0 aromatic carbocycles. The SMILES string of the molecule is Cc1ncnc2sc(C(=P)NCC3CCNCC3)nc12. The van der Waals surface area contributed by atoms with Crippen LogP contribution in [0.5, 0.6) is 0 Å². The van der Waals surface area contributed by atoms with Crippen molar-refractivity contribution < 1.29 is 0 Å². The largest absolute Gasteiger partial charge is 0.317 e. The van der Waals surface area contributed by atoms with E-state index >= 15 is 0 Å². The summed E-state index contributed by atoms with van der Waals surface area (Å²) in [6.07, 6.45) is 4.06. The predicted molar refractivity (Wildman–Crippen MR) is 86.0 cm³/mol. The average Bonchev–Trinajstić information content (AvgIpc) is 2.91. The third-order valence-electron chi connectivity index (χ3n) is 3.62. The zero-order valence-electron chi connectivity index (χ0n) is 11.4. The summed E-state index contributed by atoms with van der Waals surface area (Å²) in [4.78, 5) is 14.0. The molecule has 1 fully saturated rings. The Hall–Kier alpha value is -0.940. The number of hydrogen-bond acceptors (Lipinski definition) is 5. The molecule has 0 saturated carbocycles. The molecule has 0 amide bonds. The van der Waals surface area contributed by atoms with E-state index in [0.29, 0.717) is 0 Å². The summed E-state index contributed by atoms with van der Waals surface area (Å²) in [7, 11) is 3.66. The first-order chi connectivity index (χ1) is 9.74. The average molecular weight is 307 g/mol. The molecule has 106 valence electrons. The van der Waals surface area contributed by atoms with Crippen molar-refractivity contribution in [3.63, 3.8) is 0 Å². The summed E-state index contributed by atoms with van der Waals surface area (Å²) >= 11 is 1.58. The highest BCUT2D eigenvalue weighted by molar-refractivity contribution is 7.28. The predicted octanol–water partition coefficient (Wildman–Crippen LogP) is 1.60. The van der Waals surface area contributed by atoms with Crippen molar-refractivity contribution in [3.05, 3.63) is 17.0 Å². The van der Waals surface area contributed by atoms with Crippen molar-refractivity contribution in [2.75, 3.05) is 19.6 Å². The summed E-state index contributed by atoms with van der Waals surface area (Å²) in [6, 6.07) is 0. The molecule has 0 atom stereocenters. The van der Waals surface area contributed by atoms with Gasteiger partial charge in [0, 0.05) is 6.54 Å². The van der Waals surface area contributed by atoms with E-state index in [1.54, 1.807) is 17.7 Å². The fourth-order valence-electron chi connectivity index (χ4n) is 2.38. The summed E-state index contributed by atoms with van der Waals surface area (Å²) in [5.41, 5.74) is 2.77. The van der Waals surface area contributed by atoms with Gasteiger partial charge >= 0.3 is 0 Å². The number of thiazole rings is 1. The maximum Gasteiger partial charge on any atom is 0.147 e. The van der Waals surface area contributed by atoms with Crippen molar-refractivity contribution in [1.29, 1.82) is 0 Å². The second-order valence-electron chi connectivity index (χ2n) is 5.08. The van der Waals surface area contributed by atoms with E-state index in [0.717, 1.165) is 52.0 Å². The Morgan fingerprint density at radius 1 is 1.45 bits per heavy atom. The highest BCUT2D eigenvalue weighted by Crippen LogP contribution is 2.21. The van der Waals surface area contributed by atoms with Crippen LogP contribution in [0.4, 0.5) is 0 Å². The molecule has 0 aliphatic carbocycles. The zero-order chi connectivity index (χ0) is 13.9. The van der Waals surface area contributed by atoms with E-state index in [1.165, 1.54) is 12.8 Å². The lowest BCUT2D eigenvalue weighted by Crippen LogP contribution is -2.35. The highest BCUT2D eigenvalue weighted by atomic mass is 32.1. The van der Waals surface area contributed by atoms with Gasteiger partial charge in [-0.2, -0.15) is 0 Å². The lowest BCUT2D eigenvalue weighted by atomic mass is 9.98. The molecule has 1 aliphatic heterocycles. The van der Waals surface area contributed by atoms with Gasteiger partial charge in [0.05, 0.1) is 11.1 Å². The van der Waals surface area contributed by atoms with Gasteiger partial charge in [0.2, 0.25) is 0 Å². The third kappa shape index (κ3) is 3.04. The fourth-order valence-corrected chi connectivity index (χ4v) is 3.57. The minimum absolute atomic E-state index is 0.735. The summed E-state index contributed by atoms with van der Waals surface area (Å²) in [6.45, 7) is 5.20. The Kier molecular flexibility index (Phi) is 4.36. The number of fused-ring (bicyclic) bond motifs is 1. The number of aryl methyl sites for hydroxylation is 1. The lowest BCUT2D eigenvalue weighted by molar-refractivity contribution is 0.373. The molecule has 1 saturated heterocycles. The minimum Gasteiger partial charge on any atom is -0.317 e. The summed E-state index contributed by atoms with van der Waals surface area (Å²) in [5, 5.41) is 7.78. The van der Waals surface area contributed by atoms with Crippen LogP contribution >= 0.6 is 20.2 Å². The van der Waals surface area contributed by atoms with Crippen LogP contribution in [0.25, 0.3) is 10.3 Å². The smallest absolute Gasteiger partial charge is 0.147 e. The standard InChI is InChI=1S/C13H18N5PS/c1-8-10-12(17-7-16-8)20-13(18-10)11(19)15-6-9-2-4-14-5-3-9/h7,9,14-15,19H,2-6H2,1H3. The Bertz CT molecular complexity index is 620. The van der Waals surface area contributed by atoms with Gasteiger partial charge in [0.15, 0.2) is 0 Å². The molecule has 5 nitrogen and oxygen atoms in total. The summed E-state index contributed by atoms with van der Waals surface area (Å²) in [5.74, 6) is 0.735. The van der Waals surface area contributed by atoms with Crippen LogP contribution in [0, 0.1) is 12.8 Å². The quantitative estimate of drug-likeness (QED) is 0.840. The van der Waals surface area contributed by atoms with Crippen molar-refractivity contribution in [3.8, 4) is 0 Å². The van der Waals surface area contributed by atoms with Gasteiger partial charge in [-0.1, -0.05) is 20.2 Å². The van der Waals surface area contributed by atoms with E-state index < -0.39 is 0 Å². The number of aromatic nitrogens is 3. The summed E-state index contributed by atoms with van der Waals surface area (Å²) < 4.78 is 0. The molecule has 7 heteroatoms. The Morgan fingerprint density at radius 2 is 2.25 bits per heavy atom. The second kappa shape index (κ2) is 6.22. The van der Waals surface area contributed by atoms with Gasteiger partial charge in [-0.15, -0.1) is 0 Å². The molecule has 2 aromatic heterocycles. The molecule has 3 heterocycles. The van der Waals surface area contributed by atoms with Gasteiger partial charge in [-0.3, -0.25) is 5.32 Å². The zero-order valence-corrected chi connectivity index (χ0v) is 13.3. The van der Waals surface area contributed by atoms with Gasteiger partial charge in [0.25, 0.3) is 0 Å². The van der Waals surface area contributed by atoms with E-state index in [4.69, 9.17) is 0 Å². The number of rotatable bonds is 4. The maximum absolute atomic E-state index is 4.61. The molecule has 20 heavy (non-hydrogen) atoms. The number of hydrogen-bond donors (Lipinski definition) is 2. The molecule has 2 N–H and O–H groups in total. The van der Waals surface area contributed by atoms with Gasteiger partial charge in [-0.25, -0.2) is 15.0 Å². The number of piperidine rings is 1. The monoisotopic (exact) mass is 307 g/mol. The minimum atomic E-state index is 0.735. The van der Waals surface area contributed by atoms with Crippen molar-refractivity contribution in [2.45, 2.75) is 19.8 Å². The lowest BCUT2D eigenvalue weighted by Gasteiger charge is -2.22. The van der Waals surface area contributed by atoms with Gasteiger partial charge < -0.3 is 5.32 Å². The molecule has 1 aliphatic rings. The molecule has 0 bridgehead atoms. The number of nitrogens with one attached hydrogen (secondary N) is 2. The van der Waals surface area contributed by atoms with E-state index in [9.17, 15) is 0 Å². The molecular formula is C13H18N5PS. The van der Waals surface area contributed by atoms with Crippen LogP contribution in [0.15, 0.2) is 6.33 Å². The van der Waals surface area contributed by atoms with Gasteiger partial charge in [0.1, 0.15) is 21.7 Å². The molecule has 0 unspecified atom stereocenters. The van der Waals surface area contributed by atoms with Crippen LogP contribution in [0.3, 0.4) is 0 Å². The van der Waals surface area contributed by atoms with Crippen LogP contribution in [-0.4, -0.2) is 40.0 Å². The second-order valence-corrected chi connectivity index (χ2v) is 6.56. The van der Waals surface area contributed by atoms with Crippen molar-refractivity contribution in [2.24, 2.45) is 5.92 Å². The van der Waals surface area contributed by atoms with E-state index in [2.05, 4.69) is 34.4 Å². The van der Waals surface area contributed by atoms with Crippen LogP contribution in [0.2, 0.25) is 0 Å². The van der Waals surface area contributed by atoms with E-state index in [1.807, 2.05) is 6.92 Å². The normalized spacial score (nSPS) is 16.6. The van der Waals surface area contributed by atoms with Crippen molar-refractivity contribution >= 4 is 36.0 Å². The van der Waals surface area contributed by atoms with Crippen molar-refractivity contribution in [1.82, 2.24) is 25.6 Å². The Balaban J connectivity index is 1.67. The third-order valence-corrected chi connectivity index (χ3v) is 5.19. The maximum atomic E-state index is 4.61. The first-order valence-electron chi connectivity index (χ1n) is 6.85.